The van der Waals surface area contributed by atoms with E-state index in [0.29, 0.717) is 27.9 Å². The van der Waals surface area contributed by atoms with Crippen LogP contribution in [0.15, 0.2) is 76.6 Å². The highest BCUT2D eigenvalue weighted by Crippen LogP contribution is 2.24. The third-order valence-electron chi connectivity index (χ3n) is 5.19. The van der Waals surface area contributed by atoms with Crippen molar-refractivity contribution in [2.24, 2.45) is 0 Å². The molecule has 30 heavy (non-hydrogen) atoms. The molecule has 8 heteroatoms. The number of aromatic amines is 1. The van der Waals surface area contributed by atoms with Crippen molar-refractivity contribution in [1.82, 2.24) is 24.4 Å². The van der Waals surface area contributed by atoms with Crippen LogP contribution in [0.3, 0.4) is 0 Å². The summed E-state index contributed by atoms with van der Waals surface area (Å²) in [6.07, 6.45) is 3.27. The molecule has 3 heterocycles. The molecule has 2 aromatic carbocycles. The zero-order valence-corrected chi connectivity index (χ0v) is 15.9. The fraction of sp³-hybridized carbons (Fsp3) is 0.0909. The van der Waals surface area contributed by atoms with E-state index >= 15 is 0 Å². The Morgan fingerprint density at radius 2 is 1.83 bits per heavy atom. The van der Waals surface area contributed by atoms with Crippen molar-refractivity contribution in [3.05, 3.63) is 99.2 Å². The molecule has 1 unspecified atom stereocenters. The van der Waals surface area contributed by atoms with E-state index < -0.39 is 6.04 Å². The molecule has 0 saturated carbocycles. The number of halogens is 1. The van der Waals surface area contributed by atoms with Gasteiger partial charge in [0.1, 0.15) is 5.82 Å². The largest absolute Gasteiger partial charge is 0.296 e. The Kier molecular flexibility index (Phi) is 4.06. The van der Waals surface area contributed by atoms with Gasteiger partial charge in [-0.1, -0.05) is 30.3 Å². The van der Waals surface area contributed by atoms with Crippen molar-refractivity contribution < 1.29 is 4.39 Å². The van der Waals surface area contributed by atoms with Crippen LogP contribution in [-0.4, -0.2) is 24.4 Å². The molecule has 0 spiro atoms. The van der Waals surface area contributed by atoms with Crippen LogP contribution in [0.1, 0.15) is 18.7 Å². The molecule has 0 aliphatic rings. The van der Waals surface area contributed by atoms with Crippen LogP contribution < -0.4 is 11.1 Å². The molecule has 3 aromatic heterocycles. The lowest BCUT2D eigenvalue weighted by Gasteiger charge is -2.14. The SMILES string of the molecule is CC(c1cc(=O)n2[nH]cc(-c3ccc(F)cc3)c2n1)n1ncc2ccccc2c1=O. The van der Waals surface area contributed by atoms with Gasteiger partial charge in [-0.3, -0.25) is 14.7 Å². The number of fused-ring (bicyclic) bond motifs is 2. The van der Waals surface area contributed by atoms with Crippen LogP contribution in [0, 0.1) is 5.82 Å². The molecule has 0 aliphatic carbocycles. The van der Waals surface area contributed by atoms with Crippen LogP contribution >= 0.6 is 0 Å². The number of nitrogens with zero attached hydrogens (tertiary/aromatic N) is 4. The van der Waals surface area contributed by atoms with Crippen LogP contribution in [0.2, 0.25) is 0 Å². The number of hydrogen-bond acceptors (Lipinski definition) is 4. The molecular weight excluding hydrogens is 385 g/mol. The summed E-state index contributed by atoms with van der Waals surface area (Å²) in [6.45, 7) is 1.77. The summed E-state index contributed by atoms with van der Waals surface area (Å²) < 4.78 is 15.9. The highest BCUT2D eigenvalue weighted by Gasteiger charge is 2.18. The third-order valence-corrected chi connectivity index (χ3v) is 5.19. The van der Waals surface area contributed by atoms with Gasteiger partial charge in [0.25, 0.3) is 11.1 Å². The highest BCUT2D eigenvalue weighted by molar-refractivity contribution is 5.80. The summed E-state index contributed by atoms with van der Waals surface area (Å²) in [6, 6.07) is 14.0. The monoisotopic (exact) mass is 401 g/mol. The Morgan fingerprint density at radius 1 is 1.07 bits per heavy atom. The maximum absolute atomic E-state index is 13.3. The van der Waals surface area contributed by atoms with Crippen molar-refractivity contribution in [3.63, 3.8) is 0 Å². The summed E-state index contributed by atoms with van der Waals surface area (Å²) >= 11 is 0. The Hall–Kier alpha value is -4.07. The standard InChI is InChI=1S/C22H16FN5O2/c1-13(27-22(30)17-5-3-2-4-15(17)11-24-27)19-10-20(29)28-21(26-19)18(12-25-28)14-6-8-16(23)9-7-14/h2-13,25H,1H3. The molecular formula is C22H16FN5O2. The quantitative estimate of drug-likeness (QED) is 0.503. The maximum Gasteiger partial charge on any atom is 0.275 e. The Labute approximate surface area is 169 Å². The lowest BCUT2D eigenvalue weighted by molar-refractivity contribution is 0.524. The second-order valence-corrected chi connectivity index (χ2v) is 7.03. The van der Waals surface area contributed by atoms with E-state index in [-0.39, 0.29) is 16.9 Å². The fourth-order valence-corrected chi connectivity index (χ4v) is 3.56. The molecule has 1 N–H and O–H groups in total. The summed E-state index contributed by atoms with van der Waals surface area (Å²) in [4.78, 5) is 30.2. The van der Waals surface area contributed by atoms with Gasteiger partial charge in [0.2, 0.25) is 0 Å². The Morgan fingerprint density at radius 3 is 2.63 bits per heavy atom. The number of rotatable bonds is 3. The minimum Gasteiger partial charge on any atom is -0.296 e. The molecule has 148 valence electrons. The molecule has 0 aliphatic heterocycles. The van der Waals surface area contributed by atoms with Gasteiger partial charge in [0, 0.05) is 23.2 Å². The number of nitrogens with one attached hydrogen (secondary N) is 1. The third kappa shape index (κ3) is 2.81. The average molecular weight is 401 g/mol. The second kappa shape index (κ2) is 6.77. The molecule has 1 atom stereocenters. The van der Waals surface area contributed by atoms with Crippen molar-refractivity contribution >= 4 is 16.4 Å². The zero-order chi connectivity index (χ0) is 20.8. The van der Waals surface area contributed by atoms with E-state index in [1.807, 2.05) is 12.1 Å². The minimum absolute atomic E-state index is 0.254. The summed E-state index contributed by atoms with van der Waals surface area (Å²) in [7, 11) is 0. The van der Waals surface area contributed by atoms with E-state index in [0.717, 1.165) is 5.39 Å². The summed E-state index contributed by atoms with van der Waals surface area (Å²) in [5.74, 6) is -0.347. The normalized spacial score (nSPS) is 12.5. The first-order valence-electron chi connectivity index (χ1n) is 9.36. The highest BCUT2D eigenvalue weighted by atomic mass is 19.1. The Bertz CT molecular complexity index is 1520. The van der Waals surface area contributed by atoms with Gasteiger partial charge in [0.05, 0.1) is 23.3 Å². The van der Waals surface area contributed by atoms with E-state index in [2.05, 4.69) is 15.2 Å². The molecule has 0 saturated heterocycles. The van der Waals surface area contributed by atoms with E-state index in [1.54, 1.807) is 43.6 Å². The topological polar surface area (TPSA) is 85.0 Å². The van der Waals surface area contributed by atoms with Crippen molar-refractivity contribution in [3.8, 4) is 11.1 Å². The van der Waals surface area contributed by atoms with E-state index in [9.17, 15) is 14.0 Å². The minimum atomic E-state index is -0.559. The lowest BCUT2D eigenvalue weighted by atomic mass is 10.1. The first kappa shape index (κ1) is 18.0. The second-order valence-electron chi connectivity index (χ2n) is 7.03. The van der Waals surface area contributed by atoms with Gasteiger partial charge in [-0.25, -0.2) is 18.6 Å². The Balaban J connectivity index is 1.67. The van der Waals surface area contributed by atoms with Crippen LogP contribution in [0.4, 0.5) is 4.39 Å². The molecule has 5 aromatic rings. The number of benzene rings is 2. The molecule has 0 bridgehead atoms. The molecule has 7 nitrogen and oxygen atoms in total. The molecule has 5 rings (SSSR count). The van der Waals surface area contributed by atoms with Gasteiger partial charge >= 0.3 is 0 Å². The lowest BCUT2D eigenvalue weighted by Crippen LogP contribution is -2.28. The summed E-state index contributed by atoms with van der Waals surface area (Å²) in [5, 5.41) is 8.45. The number of hydrogen-bond donors (Lipinski definition) is 1. The van der Waals surface area contributed by atoms with E-state index in [1.165, 1.54) is 27.4 Å². The number of aromatic nitrogens is 5. The molecule has 0 amide bonds. The van der Waals surface area contributed by atoms with Gasteiger partial charge in [-0.2, -0.15) is 5.10 Å². The first-order valence-corrected chi connectivity index (χ1v) is 9.36. The van der Waals surface area contributed by atoms with Crippen LogP contribution in [0.25, 0.3) is 27.5 Å². The van der Waals surface area contributed by atoms with Crippen molar-refractivity contribution in [2.45, 2.75) is 13.0 Å². The van der Waals surface area contributed by atoms with Gasteiger partial charge < -0.3 is 0 Å². The fourth-order valence-electron chi connectivity index (χ4n) is 3.56. The maximum atomic E-state index is 13.3. The van der Waals surface area contributed by atoms with E-state index in [4.69, 9.17) is 0 Å². The van der Waals surface area contributed by atoms with Gasteiger partial charge in [-0.05, 0) is 30.7 Å². The summed E-state index contributed by atoms with van der Waals surface area (Å²) in [5.41, 5.74) is 1.60. The van der Waals surface area contributed by atoms with Crippen LogP contribution in [-0.2, 0) is 0 Å². The molecule has 0 radical (unpaired) electrons. The average Bonchev–Trinajstić information content (AvgIpc) is 3.19. The zero-order valence-electron chi connectivity index (χ0n) is 15.9. The van der Waals surface area contributed by atoms with Gasteiger partial charge in [-0.15, -0.1) is 0 Å². The molecule has 0 fully saturated rings. The first-order chi connectivity index (χ1) is 14.5. The van der Waals surface area contributed by atoms with Gasteiger partial charge in [0.15, 0.2) is 5.65 Å². The van der Waals surface area contributed by atoms with Crippen LogP contribution in [0.5, 0.6) is 0 Å². The van der Waals surface area contributed by atoms with Crippen molar-refractivity contribution in [2.75, 3.05) is 0 Å². The predicted octanol–water partition coefficient (Wildman–Crippen LogP) is 3.15. The smallest absolute Gasteiger partial charge is 0.275 e. The predicted molar refractivity (Wildman–Crippen MR) is 111 cm³/mol. The number of H-pyrrole nitrogens is 1. The van der Waals surface area contributed by atoms with Crippen molar-refractivity contribution in [1.29, 1.82) is 0 Å².